The lowest BCUT2D eigenvalue weighted by Gasteiger charge is -2.46. The van der Waals surface area contributed by atoms with Gasteiger partial charge in [0.25, 0.3) is 10.2 Å². The number of hydrogen-bond acceptors (Lipinski definition) is 8. The number of hydrogen-bond donors (Lipinski definition) is 6. The topological polar surface area (TPSA) is 168 Å². The van der Waals surface area contributed by atoms with E-state index in [1.165, 1.54) is 16.7 Å². The highest BCUT2D eigenvalue weighted by Crippen LogP contribution is 2.51. The SMILES string of the molecule is C[C@@H](O)[C@H]1C(=O)N2C(C(=O)O)=C(S[C@@H]3CN[C@H](CNS(=O)(=O)NCCO)C3)[C@H](C)[C@H]12. The zero-order chi connectivity index (χ0) is 22.2. The summed E-state index contributed by atoms with van der Waals surface area (Å²) in [5.74, 6) is -2.31. The number of carbonyl (C=O) groups is 2. The molecule has 0 aromatic heterocycles. The molecule has 3 aliphatic rings. The van der Waals surface area contributed by atoms with E-state index in [1.807, 2.05) is 6.92 Å². The normalized spacial score (nSPS) is 32.3. The molecule has 0 bridgehead atoms. The van der Waals surface area contributed by atoms with E-state index < -0.39 is 28.2 Å². The fourth-order valence-electron chi connectivity index (χ4n) is 4.33. The van der Waals surface area contributed by atoms with Gasteiger partial charge in [0, 0.05) is 41.7 Å². The van der Waals surface area contributed by atoms with E-state index in [1.54, 1.807) is 6.92 Å². The number of aliphatic hydroxyl groups excluding tert-OH is 2. The number of fused-ring (bicyclic) bond motifs is 1. The first-order valence-corrected chi connectivity index (χ1v) is 12.2. The third-order valence-corrected chi connectivity index (χ3v) is 8.35. The Morgan fingerprint density at radius 3 is 2.70 bits per heavy atom. The van der Waals surface area contributed by atoms with Gasteiger partial charge in [-0.25, -0.2) is 14.2 Å². The van der Waals surface area contributed by atoms with Crippen molar-refractivity contribution in [1.82, 2.24) is 19.7 Å². The summed E-state index contributed by atoms with van der Waals surface area (Å²) in [4.78, 5) is 26.2. The van der Waals surface area contributed by atoms with Crippen molar-refractivity contribution < 1.29 is 33.3 Å². The molecule has 3 rings (SSSR count). The highest BCUT2D eigenvalue weighted by molar-refractivity contribution is 8.03. The molecule has 2 saturated heterocycles. The molecule has 13 heteroatoms. The summed E-state index contributed by atoms with van der Waals surface area (Å²) >= 11 is 1.41. The molecule has 3 heterocycles. The highest BCUT2D eigenvalue weighted by Gasteiger charge is 2.60. The van der Waals surface area contributed by atoms with Gasteiger partial charge in [-0.3, -0.25) is 4.79 Å². The molecule has 3 aliphatic heterocycles. The van der Waals surface area contributed by atoms with Crippen LogP contribution in [0.3, 0.4) is 0 Å². The Morgan fingerprint density at radius 1 is 1.40 bits per heavy atom. The average molecular weight is 465 g/mol. The van der Waals surface area contributed by atoms with Crippen LogP contribution in [0.4, 0.5) is 0 Å². The Labute approximate surface area is 179 Å². The maximum atomic E-state index is 12.4. The number of nitrogens with one attached hydrogen (secondary N) is 3. The number of aliphatic hydroxyl groups is 2. The van der Waals surface area contributed by atoms with Gasteiger partial charge in [-0.05, 0) is 13.3 Å². The summed E-state index contributed by atoms with van der Waals surface area (Å²) in [5.41, 5.74) is -0.00300. The lowest BCUT2D eigenvalue weighted by molar-refractivity contribution is -0.163. The Bertz CT molecular complexity index is 832. The van der Waals surface area contributed by atoms with Crippen LogP contribution < -0.4 is 14.8 Å². The van der Waals surface area contributed by atoms with Gasteiger partial charge in [-0.2, -0.15) is 8.42 Å². The molecule has 6 atom stereocenters. The molecular formula is C17H28N4O7S2. The van der Waals surface area contributed by atoms with Crippen LogP contribution in [0.2, 0.25) is 0 Å². The molecule has 11 nitrogen and oxygen atoms in total. The van der Waals surface area contributed by atoms with Crippen molar-refractivity contribution in [1.29, 1.82) is 0 Å². The van der Waals surface area contributed by atoms with Crippen LogP contribution in [-0.4, -0.2) is 90.2 Å². The molecule has 0 aromatic carbocycles. The van der Waals surface area contributed by atoms with E-state index in [4.69, 9.17) is 5.11 Å². The minimum Gasteiger partial charge on any atom is -0.477 e. The number of aliphatic carboxylic acids is 1. The Balaban J connectivity index is 1.62. The molecule has 6 N–H and O–H groups in total. The van der Waals surface area contributed by atoms with Crippen LogP contribution in [0.25, 0.3) is 0 Å². The van der Waals surface area contributed by atoms with Gasteiger partial charge in [-0.15, -0.1) is 11.8 Å². The molecule has 170 valence electrons. The molecule has 0 aliphatic carbocycles. The number of carboxylic acids is 1. The Kier molecular flexibility index (Phi) is 7.11. The van der Waals surface area contributed by atoms with Gasteiger partial charge in [0.1, 0.15) is 5.70 Å². The number of nitrogens with zero attached hydrogens (tertiary/aromatic N) is 1. The van der Waals surface area contributed by atoms with Gasteiger partial charge < -0.3 is 25.5 Å². The number of rotatable bonds is 10. The number of carbonyl (C=O) groups excluding carboxylic acids is 1. The number of β-lactam (4-membered cyclic amide) rings is 1. The molecule has 30 heavy (non-hydrogen) atoms. The summed E-state index contributed by atoms with van der Waals surface area (Å²) in [6, 6.07) is -0.469. The van der Waals surface area contributed by atoms with E-state index in [9.17, 15) is 28.2 Å². The summed E-state index contributed by atoms with van der Waals surface area (Å²) < 4.78 is 28.2. The predicted octanol–water partition coefficient (Wildman–Crippen LogP) is -1.98. The monoisotopic (exact) mass is 464 g/mol. The minimum absolute atomic E-state index is 0.00300. The van der Waals surface area contributed by atoms with Crippen molar-refractivity contribution >= 4 is 33.8 Å². The van der Waals surface area contributed by atoms with Crippen molar-refractivity contribution in [3.8, 4) is 0 Å². The van der Waals surface area contributed by atoms with Crippen LogP contribution >= 0.6 is 11.8 Å². The average Bonchev–Trinajstić information content (AvgIpc) is 3.20. The second kappa shape index (κ2) is 9.10. The highest BCUT2D eigenvalue weighted by atomic mass is 32.2. The van der Waals surface area contributed by atoms with Crippen molar-refractivity contribution in [3.05, 3.63) is 10.6 Å². The maximum Gasteiger partial charge on any atom is 0.353 e. The number of carboxylic acid groups (broad SMARTS) is 1. The van der Waals surface area contributed by atoms with Crippen LogP contribution in [0, 0.1) is 11.8 Å². The van der Waals surface area contributed by atoms with Gasteiger partial charge in [0.2, 0.25) is 5.91 Å². The molecule has 1 amide bonds. The Hall–Kier alpha value is -1.22. The third-order valence-electron chi connectivity index (χ3n) is 5.71. The minimum atomic E-state index is -3.69. The lowest BCUT2D eigenvalue weighted by Crippen LogP contribution is -2.63. The van der Waals surface area contributed by atoms with E-state index in [-0.39, 0.29) is 54.6 Å². The Morgan fingerprint density at radius 2 is 2.10 bits per heavy atom. The van der Waals surface area contributed by atoms with Gasteiger partial charge in [0.05, 0.1) is 24.7 Å². The van der Waals surface area contributed by atoms with Crippen molar-refractivity contribution in [2.75, 3.05) is 26.2 Å². The van der Waals surface area contributed by atoms with Crippen LogP contribution in [0.15, 0.2) is 10.6 Å². The van der Waals surface area contributed by atoms with Crippen LogP contribution in [0.1, 0.15) is 20.3 Å². The third kappa shape index (κ3) is 4.52. The van der Waals surface area contributed by atoms with Gasteiger partial charge >= 0.3 is 5.97 Å². The molecule has 0 unspecified atom stereocenters. The summed E-state index contributed by atoms with van der Waals surface area (Å²) in [6.07, 6.45) is -0.222. The smallest absolute Gasteiger partial charge is 0.353 e. The van der Waals surface area contributed by atoms with Crippen LogP contribution in [0.5, 0.6) is 0 Å². The van der Waals surface area contributed by atoms with Crippen molar-refractivity contribution in [2.45, 2.75) is 43.7 Å². The number of amides is 1. The number of thioether (sulfide) groups is 1. The van der Waals surface area contributed by atoms with Crippen molar-refractivity contribution in [3.63, 3.8) is 0 Å². The zero-order valence-corrected chi connectivity index (χ0v) is 18.4. The zero-order valence-electron chi connectivity index (χ0n) is 16.7. The summed E-state index contributed by atoms with van der Waals surface area (Å²) in [6.45, 7) is 3.79. The van der Waals surface area contributed by atoms with Crippen LogP contribution in [-0.2, 0) is 19.8 Å². The summed E-state index contributed by atoms with van der Waals surface area (Å²) in [5, 5.41) is 31.6. The van der Waals surface area contributed by atoms with E-state index >= 15 is 0 Å². The van der Waals surface area contributed by atoms with Crippen molar-refractivity contribution in [2.24, 2.45) is 11.8 Å². The predicted molar refractivity (Wildman–Crippen MR) is 109 cm³/mol. The molecule has 0 radical (unpaired) electrons. The first-order valence-electron chi connectivity index (χ1n) is 9.81. The first-order chi connectivity index (χ1) is 14.1. The fourth-order valence-corrected chi connectivity index (χ4v) is 6.73. The largest absolute Gasteiger partial charge is 0.477 e. The summed E-state index contributed by atoms with van der Waals surface area (Å²) in [7, 11) is -3.69. The quantitative estimate of drug-likeness (QED) is 0.201. The van der Waals surface area contributed by atoms with E-state index in [0.29, 0.717) is 17.9 Å². The van der Waals surface area contributed by atoms with Gasteiger partial charge in [0.15, 0.2) is 0 Å². The fraction of sp³-hybridized carbons (Fsp3) is 0.765. The second-order valence-electron chi connectivity index (χ2n) is 7.82. The standard InChI is InChI=1S/C17H28N4O7S2/c1-8-13-12(9(2)23)16(24)21(13)14(17(25)26)15(8)29-11-5-10(18-7-11)6-20-30(27,28)19-3-4-22/h8-13,18-20,22-23H,3-7H2,1-2H3,(H,25,26)/t8-,9-,10+,11+,12-,13-/m1/s1. The lowest BCUT2D eigenvalue weighted by atomic mass is 9.79. The van der Waals surface area contributed by atoms with E-state index in [0.717, 1.165) is 0 Å². The first kappa shape index (κ1) is 23.4. The second-order valence-corrected chi connectivity index (χ2v) is 10.7. The molecule has 0 spiro atoms. The molecular weight excluding hydrogens is 436 g/mol. The molecule has 0 saturated carbocycles. The van der Waals surface area contributed by atoms with Gasteiger partial charge in [-0.1, -0.05) is 6.92 Å². The maximum absolute atomic E-state index is 12.4. The molecule has 0 aromatic rings. The van der Waals surface area contributed by atoms with E-state index in [2.05, 4.69) is 14.8 Å². The molecule has 2 fully saturated rings.